The number of nitrogens with one attached hydrogen (secondary N) is 1. The van der Waals surface area contributed by atoms with Crippen molar-refractivity contribution in [3.05, 3.63) is 40.6 Å². The van der Waals surface area contributed by atoms with Gasteiger partial charge in [-0.2, -0.15) is 21.0 Å². The zero-order valence-electron chi connectivity index (χ0n) is 9.20. The lowest BCUT2D eigenvalue weighted by Gasteiger charge is -2.06. The summed E-state index contributed by atoms with van der Waals surface area (Å²) in [7, 11) is 0. The lowest BCUT2D eigenvalue weighted by atomic mass is 10.1. The van der Waals surface area contributed by atoms with Crippen molar-refractivity contribution in [2.24, 2.45) is 0 Å². The van der Waals surface area contributed by atoms with E-state index >= 15 is 0 Å². The fourth-order valence-corrected chi connectivity index (χ4v) is 1.18. The molecule has 0 bridgehead atoms. The van der Waals surface area contributed by atoms with Gasteiger partial charge in [0.05, 0.1) is 0 Å². The third kappa shape index (κ3) is 2.82. The molecule has 0 saturated carbocycles. The van der Waals surface area contributed by atoms with Gasteiger partial charge >= 0.3 is 0 Å². The summed E-state index contributed by atoms with van der Waals surface area (Å²) in [6.45, 7) is 0. The Kier molecular flexibility index (Phi) is 4.15. The first-order valence-corrected chi connectivity index (χ1v) is 4.68. The molecule has 0 radical (unpaired) electrons. The molecule has 0 unspecified atom stereocenters. The molecule has 0 amide bonds. The van der Waals surface area contributed by atoms with Crippen LogP contribution in [0.4, 0.5) is 14.5 Å². The molecular weight excluding hydrogens is 252 g/mol. The number of rotatable bonds is 2. The summed E-state index contributed by atoms with van der Waals surface area (Å²) in [5, 5.41) is 36.6. The van der Waals surface area contributed by atoms with Crippen LogP contribution in [0, 0.1) is 57.0 Å². The van der Waals surface area contributed by atoms with Crippen molar-refractivity contribution in [2.45, 2.75) is 0 Å². The van der Waals surface area contributed by atoms with Crippen LogP contribution < -0.4 is 5.32 Å². The zero-order chi connectivity index (χ0) is 14.4. The van der Waals surface area contributed by atoms with Crippen LogP contribution >= 0.6 is 0 Å². The number of anilines is 1. The number of benzene rings is 1. The molecule has 0 atom stereocenters. The van der Waals surface area contributed by atoms with Gasteiger partial charge in [0.2, 0.25) is 0 Å². The zero-order valence-corrected chi connectivity index (χ0v) is 9.20. The molecule has 1 aromatic rings. The monoisotopic (exact) mass is 255 g/mol. The maximum Gasteiger partial charge on any atom is 0.163 e. The minimum absolute atomic E-state index is 0.187. The van der Waals surface area contributed by atoms with Crippen LogP contribution in [0.5, 0.6) is 0 Å². The van der Waals surface area contributed by atoms with Crippen molar-refractivity contribution in [1.29, 1.82) is 21.0 Å². The standard InChI is InChI=1S/C12H3F2N5/c13-10-1-8(2-11(14)9(10)5-17)19-12(6-18)7(3-15)4-16/h1-2,19H. The predicted octanol–water partition coefficient (Wildman–Crippen LogP) is 2.07. The van der Waals surface area contributed by atoms with Crippen molar-refractivity contribution in [1.82, 2.24) is 0 Å². The van der Waals surface area contributed by atoms with Crippen LogP contribution in [-0.4, -0.2) is 0 Å². The summed E-state index contributed by atoms with van der Waals surface area (Å²) in [6, 6.07) is 7.38. The predicted molar refractivity (Wildman–Crippen MR) is 58.6 cm³/mol. The van der Waals surface area contributed by atoms with Gasteiger partial charge in [0, 0.05) is 5.69 Å². The topological polar surface area (TPSA) is 107 Å². The van der Waals surface area contributed by atoms with Gasteiger partial charge in [-0.3, -0.25) is 0 Å². The molecule has 0 aliphatic rings. The van der Waals surface area contributed by atoms with E-state index in [2.05, 4.69) is 5.32 Å². The van der Waals surface area contributed by atoms with Gasteiger partial charge in [-0.1, -0.05) is 0 Å². The van der Waals surface area contributed by atoms with Crippen LogP contribution in [0.25, 0.3) is 0 Å². The Morgan fingerprint density at radius 1 is 0.947 bits per heavy atom. The third-order valence-corrected chi connectivity index (χ3v) is 2.01. The highest BCUT2D eigenvalue weighted by atomic mass is 19.1. The molecule has 0 aliphatic carbocycles. The summed E-state index contributed by atoms with van der Waals surface area (Å²) in [5.74, 6) is -2.23. The summed E-state index contributed by atoms with van der Waals surface area (Å²) < 4.78 is 26.6. The van der Waals surface area contributed by atoms with E-state index in [1.54, 1.807) is 0 Å². The van der Waals surface area contributed by atoms with Gasteiger partial charge in [-0.05, 0) is 12.1 Å². The molecule has 7 heteroatoms. The van der Waals surface area contributed by atoms with Crippen molar-refractivity contribution in [2.75, 3.05) is 5.32 Å². The highest BCUT2D eigenvalue weighted by molar-refractivity contribution is 5.59. The second kappa shape index (κ2) is 5.77. The maximum absolute atomic E-state index is 13.3. The van der Waals surface area contributed by atoms with Gasteiger partial charge in [0.1, 0.15) is 47.2 Å². The van der Waals surface area contributed by atoms with Crippen LogP contribution in [0.15, 0.2) is 23.4 Å². The minimum atomic E-state index is -1.11. The molecular formula is C12H3F2N5. The normalized spacial score (nSPS) is 8.32. The quantitative estimate of drug-likeness (QED) is 0.814. The number of hydrogen-bond acceptors (Lipinski definition) is 5. The van der Waals surface area contributed by atoms with E-state index in [1.807, 2.05) is 0 Å². The highest BCUT2D eigenvalue weighted by Gasteiger charge is 2.12. The molecule has 0 heterocycles. The van der Waals surface area contributed by atoms with Crippen LogP contribution in [-0.2, 0) is 0 Å². The van der Waals surface area contributed by atoms with E-state index in [0.717, 1.165) is 12.1 Å². The van der Waals surface area contributed by atoms with Crippen LogP contribution in [0.2, 0.25) is 0 Å². The maximum atomic E-state index is 13.3. The van der Waals surface area contributed by atoms with Crippen molar-refractivity contribution in [3.8, 4) is 24.3 Å². The van der Waals surface area contributed by atoms with Gasteiger partial charge in [0.25, 0.3) is 0 Å². The second-order valence-electron chi connectivity index (χ2n) is 3.14. The fourth-order valence-electron chi connectivity index (χ4n) is 1.18. The highest BCUT2D eigenvalue weighted by Crippen LogP contribution is 2.20. The molecule has 0 spiro atoms. The second-order valence-corrected chi connectivity index (χ2v) is 3.14. The number of nitrogens with zero attached hydrogens (tertiary/aromatic N) is 4. The largest absolute Gasteiger partial charge is 0.345 e. The SMILES string of the molecule is N#CC(C#N)=C(C#N)Nc1cc(F)c(C#N)c(F)c1. The third-order valence-electron chi connectivity index (χ3n) is 2.01. The average Bonchev–Trinajstić information content (AvgIpc) is 2.38. The van der Waals surface area contributed by atoms with Gasteiger partial charge in [-0.25, -0.2) is 8.78 Å². The Labute approximate surface area is 106 Å². The van der Waals surface area contributed by atoms with E-state index in [-0.39, 0.29) is 5.69 Å². The van der Waals surface area contributed by atoms with Crippen LogP contribution in [0.1, 0.15) is 5.56 Å². The van der Waals surface area contributed by atoms with Gasteiger partial charge in [-0.15, -0.1) is 0 Å². The molecule has 90 valence electrons. The average molecular weight is 255 g/mol. The molecule has 1 rings (SSSR count). The van der Waals surface area contributed by atoms with Crippen molar-refractivity contribution >= 4 is 5.69 Å². The molecule has 0 aliphatic heterocycles. The number of hydrogen-bond donors (Lipinski definition) is 1. The van der Waals surface area contributed by atoms with E-state index in [0.29, 0.717) is 0 Å². The number of allylic oxidation sites excluding steroid dienone is 2. The molecule has 1 N–H and O–H groups in total. The van der Waals surface area contributed by atoms with E-state index in [9.17, 15) is 8.78 Å². The molecule has 19 heavy (non-hydrogen) atoms. The Balaban J connectivity index is 3.28. The lowest BCUT2D eigenvalue weighted by Crippen LogP contribution is -2.02. The number of halogens is 2. The Hall–Kier alpha value is -3.42. The van der Waals surface area contributed by atoms with Crippen molar-refractivity contribution in [3.63, 3.8) is 0 Å². The first kappa shape index (κ1) is 13.6. The summed E-state index contributed by atoms with van der Waals surface area (Å²) in [5.41, 5.74) is -1.90. The smallest absolute Gasteiger partial charge is 0.163 e. The summed E-state index contributed by atoms with van der Waals surface area (Å²) in [6.07, 6.45) is 0. The lowest BCUT2D eigenvalue weighted by molar-refractivity contribution is 0.578. The van der Waals surface area contributed by atoms with Gasteiger partial charge in [0.15, 0.2) is 5.57 Å². The molecule has 0 fully saturated rings. The number of nitriles is 4. The fraction of sp³-hybridized carbons (Fsp3) is 0. The first-order chi connectivity index (χ1) is 9.07. The van der Waals surface area contributed by atoms with Crippen LogP contribution in [0.3, 0.4) is 0 Å². The van der Waals surface area contributed by atoms with E-state index < -0.39 is 28.5 Å². The first-order valence-electron chi connectivity index (χ1n) is 4.68. The summed E-state index contributed by atoms with van der Waals surface area (Å²) in [4.78, 5) is 0. The van der Waals surface area contributed by atoms with E-state index in [1.165, 1.54) is 24.3 Å². The van der Waals surface area contributed by atoms with Gasteiger partial charge < -0.3 is 5.32 Å². The molecule has 0 saturated heterocycles. The van der Waals surface area contributed by atoms with Crippen molar-refractivity contribution < 1.29 is 8.78 Å². The Morgan fingerprint density at radius 2 is 1.47 bits per heavy atom. The summed E-state index contributed by atoms with van der Waals surface area (Å²) >= 11 is 0. The van der Waals surface area contributed by atoms with E-state index in [4.69, 9.17) is 21.0 Å². The molecule has 1 aromatic carbocycles. The molecule has 5 nitrogen and oxygen atoms in total. The molecule has 0 aromatic heterocycles. The Bertz CT molecular complexity index is 683. The Morgan fingerprint density at radius 3 is 1.84 bits per heavy atom. The minimum Gasteiger partial charge on any atom is -0.345 e.